The van der Waals surface area contributed by atoms with Gasteiger partial charge < -0.3 is 15.3 Å². The van der Waals surface area contributed by atoms with Crippen molar-refractivity contribution in [3.8, 4) is 22.8 Å². The number of rotatable bonds is 4. The lowest BCUT2D eigenvalue weighted by atomic mass is 10.1. The highest BCUT2D eigenvalue weighted by atomic mass is 16.3. The molecule has 3 aromatic rings. The van der Waals surface area contributed by atoms with Gasteiger partial charge in [0.15, 0.2) is 5.82 Å². The molecule has 27 heavy (non-hydrogen) atoms. The van der Waals surface area contributed by atoms with Crippen LogP contribution in [-0.2, 0) is 0 Å². The van der Waals surface area contributed by atoms with Crippen LogP contribution in [0.25, 0.3) is 17.1 Å². The van der Waals surface area contributed by atoms with Gasteiger partial charge in [-0.2, -0.15) is 10.2 Å². The van der Waals surface area contributed by atoms with Gasteiger partial charge in [0, 0.05) is 31.7 Å². The Morgan fingerprint density at radius 3 is 2.67 bits per heavy atom. The van der Waals surface area contributed by atoms with Crippen LogP contribution in [-0.4, -0.2) is 61.0 Å². The third kappa shape index (κ3) is 3.21. The Balaban J connectivity index is 1.35. The summed E-state index contributed by atoms with van der Waals surface area (Å²) in [6.07, 6.45) is 7.38. The van der Waals surface area contributed by atoms with Crippen molar-refractivity contribution in [1.29, 1.82) is 0 Å². The molecule has 2 fully saturated rings. The molecule has 2 aliphatic rings. The summed E-state index contributed by atoms with van der Waals surface area (Å²) in [6.45, 7) is 2.86. The summed E-state index contributed by atoms with van der Waals surface area (Å²) < 4.78 is 0. The smallest absolute Gasteiger partial charge is 0.151 e. The maximum Gasteiger partial charge on any atom is 0.151 e. The van der Waals surface area contributed by atoms with Crippen LogP contribution in [0.2, 0.25) is 0 Å². The molecule has 138 valence electrons. The predicted molar refractivity (Wildman–Crippen MR) is 98.6 cm³/mol. The van der Waals surface area contributed by atoms with Crippen LogP contribution in [0.15, 0.2) is 36.8 Å². The SMILES string of the molecule is Oc1cc(-n2nccn2)cnc1-c1ccc(N2CCN[C@@H](C3CC3)C2)nn1. The standard InChI is InChI=1S/C18H20N8O/c27-16-9-13(26-21-5-6-22-26)10-20-18(16)14-3-4-17(24-23-14)25-8-7-19-15(11-25)12-1-2-12/h3-6,9-10,12,15,19,27H,1-2,7-8,11H2/t15-/m1/s1. The third-order valence-corrected chi connectivity index (χ3v) is 5.12. The lowest BCUT2D eigenvalue weighted by molar-refractivity contribution is 0.416. The monoisotopic (exact) mass is 364 g/mol. The average Bonchev–Trinajstić information content (AvgIpc) is 3.42. The third-order valence-electron chi connectivity index (χ3n) is 5.12. The Kier molecular flexibility index (Phi) is 3.93. The van der Waals surface area contributed by atoms with E-state index in [2.05, 4.69) is 35.6 Å². The minimum atomic E-state index is 0.0165. The van der Waals surface area contributed by atoms with E-state index in [4.69, 9.17) is 0 Å². The second kappa shape index (κ2) is 6.58. The van der Waals surface area contributed by atoms with Crippen LogP contribution < -0.4 is 10.2 Å². The van der Waals surface area contributed by atoms with Gasteiger partial charge in [0.25, 0.3) is 0 Å². The molecule has 1 atom stereocenters. The van der Waals surface area contributed by atoms with E-state index >= 15 is 0 Å². The van der Waals surface area contributed by atoms with Gasteiger partial charge in [-0.1, -0.05) is 0 Å². The molecular weight excluding hydrogens is 344 g/mol. The molecule has 9 heteroatoms. The van der Waals surface area contributed by atoms with Crippen molar-refractivity contribution in [2.75, 3.05) is 24.5 Å². The quantitative estimate of drug-likeness (QED) is 0.707. The van der Waals surface area contributed by atoms with Crippen LogP contribution >= 0.6 is 0 Å². The summed E-state index contributed by atoms with van der Waals surface area (Å²) >= 11 is 0. The van der Waals surface area contributed by atoms with E-state index in [-0.39, 0.29) is 5.75 Å². The van der Waals surface area contributed by atoms with Crippen LogP contribution in [0.5, 0.6) is 5.75 Å². The number of aromatic hydroxyl groups is 1. The van der Waals surface area contributed by atoms with Crippen molar-refractivity contribution >= 4 is 5.82 Å². The Hall–Kier alpha value is -3.07. The molecule has 3 aromatic heterocycles. The van der Waals surface area contributed by atoms with E-state index in [9.17, 15) is 5.11 Å². The highest BCUT2D eigenvalue weighted by Crippen LogP contribution is 2.34. The number of anilines is 1. The van der Waals surface area contributed by atoms with Crippen molar-refractivity contribution in [3.63, 3.8) is 0 Å². The van der Waals surface area contributed by atoms with Crippen molar-refractivity contribution < 1.29 is 5.11 Å². The molecule has 5 rings (SSSR count). The summed E-state index contributed by atoms with van der Waals surface area (Å²) in [5.41, 5.74) is 1.50. The van der Waals surface area contributed by atoms with Gasteiger partial charge in [0.1, 0.15) is 22.8 Å². The molecule has 0 radical (unpaired) electrons. The fraction of sp³-hybridized carbons (Fsp3) is 0.389. The van der Waals surface area contributed by atoms with Gasteiger partial charge in [-0.25, -0.2) is 4.98 Å². The first-order chi connectivity index (χ1) is 13.3. The van der Waals surface area contributed by atoms with E-state index in [0.29, 0.717) is 23.1 Å². The molecule has 2 N–H and O–H groups in total. The Labute approximate surface area is 156 Å². The highest BCUT2D eigenvalue weighted by molar-refractivity contribution is 5.64. The zero-order valence-corrected chi connectivity index (χ0v) is 14.7. The minimum Gasteiger partial charge on any atom is -0.506 e. The van der Waals surface area contributed by atoms with E-state index < -0.39 is 0 Å². The van der Waals surface area contributed by atoms with Gasteiger partial charge in [0.05, 0.1) is 18.6 Å². The molecule has 1 aliphatic heterocycles. The fourth-order valence-electron chi connectivity index (χ4n) is 3.52. The van der Waals surface area contributed by atoms with Gasteiger partial charge in [-0.3, -0.25) is 0 Å². The molecule has 0 aromatic carbocycles. The predicted octanol–water partition coefficient (Wildman–Crippen LogP) is 1.01. The number of piperazine rings is 1. The average molecular weight is 364 g/mol. The minimum absolute atomic E-state index is 0.0165. The van der Waals surface area contributed by atoms with Gasteiger partial charge in [-0.15, -0.1) is 15.0 Å². The number of aromatic nitrogens is 6. The van der Waals surface area contributed by atoms with Crippen LogP contribution in [0.3, 0.4) is 0 Å². The van der Waals surface area contributed by atoms with E-state index in [1.54, 1.807) is 24.7 Å². The first-order valence-corrected chi connectivity index (χ1v) is 9.16. The van der Waals surface area contributed by atoms with E-state index in [1.807, 2.05) is 12.1 Å². The summed E-state index contributed by atoms with van der Waals surface area (Å²) in [6, 6.07) is 5.91. The Morgan fingerprint density at radius 1 is 1.11 bits per heavy atom. The first kappa shape index (κ1) is 16.1. The van der Waals surface area contributed by atoms with Crippen LogP contribution in [0.1, 0.15) is 12.8 Å². The second-order valence-corrected chi connectivity index (χ2v) is 7.00. The molecule has 0 bridgehead atoms. The van der Waals surface area contributed by atoms with Crippen molar-refractivity contribution in [1.82, 2.24) is 35.5 Å². The lowest BCUT2D eigenvalue weighted by Gasteiger charge is -2.34. The van der Waals surface area contributed by atoms with E-state index in [0.717, 1.165) is 31.4 Å². The molecule has 1 saturated carbocycles. The first-order valence-electron chi connectivity index (χ1n) is 9.16. The molecule has 1 aliphatic carbocycles. The van der Waals surface area contributed by atoms with Crippen molar-refractivity contribution in [3.05, 3.63) is 36.8 Å². The summed E-state index contributed by atoms with van der Waals surface area (Å²) in [7, 11) is 0. The summed E-state index contributed by atoms with van der Waals surface area (Å²) in [5.74, 6) is 1.69. The fourth-order valence-corrected chi connectivity index (χ4v) is 3.52. The zero-order chi connectivity index (χ0) is 18.2. The lowest BCUT2D eigenvalue weighted by Crippen LogP contribution is -2.52. The molecule has 0 spiro atoms. The normalized spacial score (nSPS) is 20.0. The number of pyridine rings is 1. The number of nitrogens with zero attached hydrogens (tertiary/aromatic N) is 7. The topological polar surface area (TPSA) is 105 Å². The molecular formula is C18H20N8O. The Morgan fingerprint density at radius 2 is 1.96 bits per heavy atom. The summed E-state index contributed by atoms with van der Waals surface area (Å²) in [4.78, 5) is 7.98. The van der Waals surface area contributed by atoms with E-state index in [1.165, 1.54) is 17.6 Å². The maximum absolute atomic E-state index is 10.3. The summed E-state index contributed by atoms with van der Waals surface area (Å²) in [5, 5.41) is 30.7. The number of hydrogen-bond acceptors (Lipinski definition) is 8. The Bertz CT molecular complexity index is 923. The van der Waals surface area contributed by atoms with Gasteiger partial charge in [-0.05, 0) is 30.9 Å². The largest absolute Gasteiger partial charge is 0.506 e. The zero-order valence-electron chi connectivity index (χ0n) is 14.7. The van der Waals surface area contributed by atoms with Crippen LogP contribution in [0.4, 0.5) is 5.82 Å². The van der Waals surface area contributed by atoms with Crippen molar-refractivity contribution in [2.45, 2.75) is 18.9 Å². The van der Waals surface area contributed by atoms with Crippen molar-refractivity contribution in [2.24, 2.45) is 5.92 Å². The maximum atomic E-state index is 10.3. The van der Waals surface area contributed by atoms with Gasteiger partial charge in [0.2, 0.25) is 0 Å². The molecule has 1 saturated heterocycles. The second-order valence-electron chi connectivity index (χ2n) is 7.00. The highest BCUT2D eigenvalue weighted by Gasteiger charge is 2.34. The molecule has 9 nitrogen and oxygen atoms in total. The van der Waals surface area contributed by atoms with Crippen LogP contribution in [0, 0.1) is 5.92 Å². The number of nitrogens with one attached hydrogen (secondary N) is 1. The molecule has 4 heterocycles. The number of hydrogen-bond donors (Lipinski definition) is 2. The van der Waals surface area contributed by atoms with Gasteiger partial charge >= 0.3 is 0 Å². The molecule has 0 unspecified atom stereocenters. The molecule has 0 amide bonds.